The molecule has 8 heteroatoms. The number of amides is 1. The molecule has 4 rings (SSSR count). The second-order valence-corrected chi connectivity index (χ2v) is 7.40. The number of hydrogen-bond donors (Lipinski definition) is 1. The number of benzene rings is 2. The fourth-order valence-electron chi connectivity index (χ4n) is 3.62. The molecular weight excluding hydrogens is 422 g/mol. The van der Waals surface area contributed by atoms with E-state index in [0.29, 0.717) is 23.5 Å². The van der Waals surface area contributed by atoms with Gasteiger partial charge in [0.25, 0.3) is 17.4 Å². The van der Waals surface area contributed by atoms with E-state index in [0.717, 1.165) is 11.1 Å². The van der Waals surface area contributed by atoms with Gasteiger partial charge in [0.05, 0.1) is 17.2 Å². The molecule has 0 aliphatic rings. The third-order valence-corrected chi connectivity index (χ3v) is 5.26. The van der Waals surface area contributed by atoms with Crippen LogP contribution >= 0.6 is 0 Å². The molecular formula is C25H21N3O5. The van der Waals surface area contributed by atoms with Gasteiger partial charge in [-0.1, -0.05) is 24.3 Å². The van der Waals surface area contributed by atoms with Crippen LogP contribution in [0.2, 0.25) is 0 Å². The first-order valence-corrected chi connectivity index (χ1v) is 10.3. The number of ether oxygens (including phenoxy) is 1. The lowest BCUT2D eigenvalue weighted by atomic mass is 10.0. The van der Waals surface area contributed by atoms with Gasteiger partial charge in [-0.25, -0.2) is 0 Å². The Balaban J connectivity index is 1.73. The van der Waals surface area contributed by atoms with Crippen LogP contribution in [-0.2, 0) is 4.79 Å². The first-order chi connectivity index (χ1) is 15.9. The average Bonchev–Trinajstić information content (AvgIpc) is 3.20. The maximum Gasteiger partial charge on any atom is 0.298 e. The maximum absolute atomic E-state index is 13.3. The Morgan fingerprint density at radius 1 is 1.06 bits per heavy atom. The highest BCUT2D eigenvalue weighted by Crippen LogP contribution is 2.30. The van der Waals surface area contributed by atoms with E-state index in [1.807, 2.05) is 49.4 Å². The minimum Gasteiger partial charge on any atom is -0.494 e. The molecule has 33 heavy (non-hydrogen) atoms. The first kappa shape index (κ1) is 21.8. The lowest BCUT2D eigenvalue weighted by Gasteiger charge is -2.10. The molecule has 0 aliphatic carbocycles. The molecule has 4 aromatic rings. The van der Waals surface area contributed by atoms with Crippen molar-refractivity contribution >= 4 is 28.6 Å². The molecule has 1 amide bonds. The Hall–Kier alpha value is -4.46. The van der Waals surface area contributed by atoms with Gasteiger partial charge < -0.3 is 14.5 Å². The maximum atomic E-state index is 13.3. The van der Waals surface area contributed by atoms with Gasteiger partial charge in [-0.15, -0.1) is 0 Å². The SMILES string of the molecule is CCOc1ccc(-c2cc3ccccn3c2C(=O)C(=O)Nc2cc([N+](=O)[O-])ccc2C)cc1. The van der Waals surface area contributed by atoms with Gasteiger partial charge in [0, 0.05) is 29.4 Å². The summed E-state index contributed by atoms with van der Waals surface area (Å²) in [6.45, 7) is 4.13. The summed E-state index contributed by atoms with van der Waals surface area (Å²) in [6, 6.07) is 18.7. The van der Waals surface area contributed by atoms with Crippen LogP contribution in [0.5, 0.6) is 5.75 Å². The van der Waals surface area contributed by atoms with E-state index >= 15 is 0 Å². The molecule has 0 fully saturated rings. The van der Waals surface area contributed by atoms with Crippen molar-refractivity contribution < 1.29 is 19.2 Å². The number of pyridine rings is 1. The zero-order valence-electron chi connectivity index (χ0n) is 18.1. The molecule has 0 atom stereocenters. The van der Waals surface area contributed by atoms with E-state index in [1.165, 1.54) is 18.2 Å². The molecule has 2 aromatic carbocycles. The van der Waals surface area contributed by atoms with Crippen LogP contribution < -0.4 is 10.1 Å². The van der Waals surface area contributed by atoms with Gasteiger partial charge in [0.1, 0.15) is 11.4 Å². The molecule has 0 unspecified atom stereocenters. The van der Waals surface area contributed by atoms with Crippen LogP contribution in [0.3, 0.4) is 0 Å². The predicted octanol–water partition coefficient (Wildman–Crippen LogP) is 5.04. The summed E-state index contributed by atoms with van der Waals surface area (Å²) in [5.41, 5.74) is 2.95. The summed E-state index contributed by atoms with van der Waals surface area (Å²) < 4.78 is 7.15. The molecule has 1 N–H and O–H groups in total. The fraction of sp³-hybridized carbons (Fsp3) is 0.120. The van der Waals surface area contributed by atoms with Crippen molar-refractivity contribution in [2.24, 2.45) is 0 Å². The monoisotopic (exact) mass is 443 g/mol. The average molecular weight is 443 g/mol. The molecule has 166 valence electrons. The summed E-state index contributed by atoms with van der Waals surface area (Å²) >= 11 is 0. The largest absolute Gasteiger partial charge is 0.494 e. The standard InChI is InChI=1S/C25H21N3O5/c1-3-33-20-11-8-17(9-12-20)21-14-18-6-4-5-13-27(18)23(21)24(29)25(30)26-22-15-19(28(31)32)10-7-16(22)2/h4-15H,3H2,1-2H3,(H,26,30). The Kier molecular flexibility index (Phi) is 5.91. The third-order valence-electron chi connectivity index (χ3n) is 5.26. The van der Waals surface area contributed by atoms with Gasteiger partial charge in [-0.3, -0.25) is 19.7 Å². The predicted molar refractivity (Wildman–Crippen MR) is 125 cm³/mol. The zero-order valence-corrected chi connectivity index (χ0v) is 18.1. The number of carbonyl (C=O) groups excluding carboxylic acids is 2. The Morgan fingerprint density at radius 3 is 2.52 bits per heavy atom. The number of Topliss-reactive ketones (excluding diaryl/α,β-unsaturated/α-hetero) is 1. The van der Waals surface area contributed by atoms with Crippen molar-refractivity contribution in [3.05, 3.63) is 94.3 Å². The van der Waals surface area contributed by atoms with Crippen LogP contribution in [0.1, 0.15) is 23.0 Å². The van der Waals surface area contributed by atoms with Crippen molar-refractivity contribution in [3.63, 3.8) is 0 Å². The number of carbonyl (C=O) groups is 2. The topological polar surface area (TPSA) is 103 Å². The summed E-state index contributed by atoms with van der Waals surface area (Å²) in [6.07, 6.45) is 1.71. The van der Waals surface area contributed by atoms with Gasteiger partial charge in [-0.2, -0.15) is 0 Å². The van der Waals surface area contributed by atoms with E-state index in [-0.39, 0.29) is 17.1 Å². The highest BCUT2D eigenvalue weighted by Gasteiger charge is 2.25. The smallest absolute Gasteiger partial charge is 0.298 e. The van der Waals surface area contributed by atoms with E-state index in [2.05, 4.69) is 5.32 Å². The van der Waals surface area contributed by atoms with Crippen molar-refractivity contribution in [1.82, 2.24) is 4.40 Å². The van der Waals surface area contributed by atoms with Gasteiger partial charge in [-0.05, 0) is 55.3 Å². The van der Waals surface area contributed by atoms with Crippen LogP contribution in [0.15, 0.2) is 72.9 Å². The number of nitrogens with zero attached hydrogens (tertiary/aromatic N) is 2. The number of non-ortho nitro benzene ring substituents is 1. The number of nitro benzene ring substituents is 1. The summed E-state index contributed by atoms with van der Waals surface area (Å²) in [5, 5.41) is 13.6. The summed E-state index contributed by atoms with van der Waals surface area (Å²) in [4.78, 5) is 36.8. The number of ketones is 1. The lowest BCUT2D eigenvalue weighted by molar-refractivity contribution is -0.384. The Bertz CT molecular complexity index is 1370. The van der Waals surface area contributed by atoms with Crippen LogP contribution in [-0.4, -0.2) is 27.6 Å². The van der Waals surface area contributed by atoms with Gasteiger partial charge >= 0.3 is 0 Å². The highest BCUT2D eigenvalue weighted by molar-refractivity contribution is 6.47. The van der Waals surface area contributed by atoms with E-state index in [4.69, 9.17) is 4.74 Å². The summed E-state index contributed by atoms with van der Waals surface area (Å²) in [7, 11) is 0. The second kappa shape index (κ2) is 8.96. The molecule has 0 aliphatic heterocycles. The number of fused-ring (bicyclic) bond motifs is 1. The Morgan fingerprint density at radius 2 is 1.82 bits per heavy atom. The number of rotatable bonds is 7. The number of aromatic nitrogens is 1. The number of anilines is 1. The summed E-state index contributed by atoms with van der Waals surface area (Å²) in [5.74, 6) is -0.928. The van der Waals surface area contributed by atoms with Gasteiger partial charge in [0.15, 0.2) is 0 Å². The minimum absolute atomic E-state index is 0.174. The third kappa shape index (κ3) is 4.31. The van der Waals surface area contributed by atoms with Crippen molar-refractivity contribution in [1.29, 1.82) is 0 Å². The molecule has 8 nitrogen and oxygen atoms in total. The van der Waals surface area contributed by atoms with Crippen LogP contribution in [0.4, 0.5) is 11.4 Å². The van der Waals surface area contributed by atoms with E-state index in [9.17, 15) is 19.7 Å². The molecule has 0 radical (unpaired) electrons. The lowest BCUT2D eigenvalue weighted by Crippen LogP contribution is -2.25. The number of nitrogens with one attached hydrogen (secondary N) is 1. The quantitative estimate of drug-likeness (QED) is 0.186. The fourth-order valence-corrected chi connectivity index (χ4v) is 3.62. The minimum atomic E-state index is -0.880. The number of aryl methyl sites for hydroxylation is 1. The molecule has 0 spiro atoms. The first-order valence-electron chi connectivity index (χ1n) is 10.3. The molecule has 0 saturated heterocycles. The van der Waals surface area contributed by atoms with E-state index in [1.54, 1.807) is 23.6 Å². The number of nitro groups is 1. The molecule has 0 bridgehead atoms. The van der Waals surface area contributed by atoms with Crippen molar-refractivity contribution in [3.8, 4) is 16.9 Å². The molecule has 2 aromatic heterocycles. The van der Waals surface area contributed by atoms with Crippen LogP contribution in [0.25, 0.3) is 16.6 Å². The highest BCUT2D eigenvalue weighted by atomic mass is 16.6. The number of hydrogen-bond acceptors (Lipinski definition) is 5. The van der Waals surface area contributed by atoms with Crippen molar-refractivity contribution in [2.45, 2.75) is 13.8 Å². The Labute approximate surface area is 189 Å². The normalized spacial score (nSPS) is 10.7. The molecule has 2 heterocycles. The van der Waals surface area contributed by atoms with Gasteiger partial charge in [0.2, 0.25) is 0 Å². The van der Waals surface area contributed by atoms with Crippen molar-refractivity contribution in [2.75, 3.05) is 11.9 Å². The molecule has 0 saturated carbocycles. The van der Waals surface area contributed by atoms with Crippen LogP contribution in [0, 0.1) is 17.0 Å². The zero-order chi connectivity index (χ0) is 23.5. The second-order valence-electron chi connectivity index (χ2n) is 7.40. The van der Waals surface area contributed by atoms with E-state index < -0.39 is 16.6 Å².